The molecule has 5 N–H and O–H groups in total. The molecule has 2 aromatic rings. The first-order valence-electron chi connectivity index (χ1n) is 19.1. The van der Waals surface area contributed by atoms with E-state index in [0.29, 0.717) is 0 Å². The Labute approximate surface area is 334 Å². The fourth-order valence-corrected chi connectivity index (χ4v) is 9.49. The number of rotatable bonds is 10. The van der Waals surface area contributed by atoms with Crippen LogP contribution in [-0.2, 0) is 42.9 Å². The number of urea groups is 1. The lowest BCUT2D eigenvalue weighted by molar-refractivity contribution is -0.346. The predicted molar refractivity (Wildman–Crippen MR) is 198 cm³/mol. The maximum Gasteiger partial charge on any atom is 0.338 e. The molecule has 2 amide bonds. The number of aliphatic hydroxyl groups is 3. The number of hydrogen-bond acceptors (Lipinski definition) is 15. The van der Waals surface area contributed by atoms with E-state index in [1.54, 1.807) is 39.0 Å². The van der Waals surface area contributed by atoms with E-state index in [-0.39, 0.29) is 42.0 Å². The molecule has 17 heteroatoms. The third-order valence-corrected chi connectivity index (χ3v) is 12.5. The number of hydrogen-bond donors (Lipinski definition) is 5. The molecule has 314 valence electrons. The van der Waals surface area contributed by atoms with Crippen molar-refractivity contribution in [3.8, 4) is 0 Å². The highest BCUT2D eigenvalue weighted by Gasteiger charge is 2.78. The molecule has 1 aromatic carbocycles. The van der Waals surface area contributed by atoms with Gasteiger partial charge in [-0.3, -0.25) is 14.4 Å². The topological polar surface area (TPSA) is 246 Å². The Bertz CT molecular complexity index is 1980. The van der Waals surface area contributed by atoms with Gasteiger partial charge in [0.05, 0.1) is 35.9 Å². The minimum absolute atomic E-state index is 0.0101. The highest BCUT2D eigenvalue weighted by molar-refractivity contribution is 5.95. The lowest BCUT2D eigenvalue weighted by Gasteiger charge is -2.67. The normalized spacial score (nSPS) is 33.3. The molecule has 0 spiro atoms. The molecule has 1 aromatic heterocycles. The summed E-state index contributed by atoms with van der Waals surface area (Å²) in [7, 11) is 0. The van der Waals surface area contributed by atoms with Crippen molar-refractivity contribution in [1.82, 2.24) is 10.6 Å². The molecular formula is C41H50N2O15. The SMILES string of the molecule is CCNC(=O)N[C@@H](c1ccco1)[C@@H](O)C(=O)O[C@H]1C[C@@]2(O)[C@@H](OC(=O)c3ccccc3)[C@@H]3[C@]4(OC(C)=O)CO[C@@H]4C[C@H](O)[C@@]3(C)C(=O)[C@H](OC(C)=O)C(=C1C)C2(C)C. The van der Waals surface area contributed by atoms with Crippen molar-refractivity contribution in [1.29, 1.82) is 0 Å². The Hall–Kier alpha value is -5.10. The minimum Gasteiger partial charge on any atom is -0.467 e. The van der Waals surface area contributed by atoms with Gasteiger partial charge in [0.2, 0.25) is 0 Å². The quantitative estimate of drug-likeness (QED) is 0.131. The smallest absolute Gasteiger partial charge is 0.338 e. The van der Waals surface area contributed by atoms with E-state index in [2.05, 4.69) is 10.6 Å². The number of ketones is 1. The molecular weight excluding hydrogens is 760 g/mol. The Balaban J connectivity index is 1.55. The number of nitrogens with one attached hydrogen (secondary N) is 2. The monoisotopic (exact) mass is 810 g/mol. The molecule has 1 aliphatic heterocycles. The van der Waals surface area contributed by atoms with Crippen LogP contribution in [0.3, 0.4) is 0 Å². The highest BCUT2D eigenvalue weighted by Crippen LogP contribution is 2.64. The van der Waals surface area contributed by atoms with Crippen molar-refractivity contribution in [2.75, 3.05) is 13.2 Å². The molecule has 2 bridgehead atoms. The first-order chi connectivity index (χ1) is 27.2. The van der Waals surface area contributed by atoms with Gasteiger partial charge in [0, 0.05) is 38.6 Å². The largest absolute Gasteiger partial charge is 0.467 e. The Morgan fingerprint density at radius 1 is 0.983 bits per heavy atom. The maximum absolute atomic E-state index is 15.4. The van der Waals surface area contributed by atoms with Crippen LogP contribution in [0.4, 0.5) is 4.79 Å². The molecule has 4 aliphatic rings. The van der Waals surface area contributed by atoms with Crippen LogP contribution >= 0.6 is 0 Å². The summed E-state index contributed by atoms with van der Waals surface area (Å²) in [5.74, 6) is -6.31. The first kappa shape index (κ1) is 42.5. The molecule has 17 nitrogen and oxygen atoms in total. The average Bonchev–Trinajstić information content (AvgIpc) is 3.70. The summed E-state index contributed by atoms with van der Waals surface area (Å²) in [6.07, 6.45) is -9.31. The number of Topliss-reactive ketones (excluding diaryl/α,β-unsaturated/α-hetero) is 1. The van der Waals surface area contributed by atoms with Gasteiger partial charge in [-0.25, -0.2) is 14.4 Å². The zero-order valence-electron chi connectivity index (χ0n) is 33.3. The molecule has 2 saturated carbocycles. The summed E-state index contributed by atoms with van der Waals surface area (Å²) < 4.78 is 35.4. The van der Waals surface area contributed by atoms with Crippen LogP contribution in [0.5, 0.6) is 0 Å². The Morgan fingerprint density at radius 3 is 2.24 bits per heavy atom. The molecule has 3 aliphatic carbocycles. The fourth-order valence-electron chi connectivity index (χ4n) is 9.49. The summed E-state index contributed by atoms with van der Waals surface area (Å²) in [5, 5.41) is 42.0. The summed E-state index contributed by atoms with van der Waals surface area (Å²) in [5.41, 5.74) is -7.67. The van der Waals surface area contributed by atoms with Crippen LogP contribution in [0, 0.1) is 16.7 Å². The van der Waals surface area contributed by atoms with Crippen molar-refractivity contribution >= 4 is 35.7 Å². The van der Waals surface area contributed by atoms with E-state index < -0.39 is 113 Å². The Kier molecular flexibility index (Phi) is 11.4. The van der Waals surface area contributed by atoms with Crippen molar-refractivity contribution < 1.29 is 72.2 Å². The van der Waals surface area contributed by atoms with Gasteiger partial charge in [-0.1, -0.05) is 32.0 Å². The fraction of sp³-hybridized carbons (Fsp3) is 0.561. The zero-order valence-corrected chi connectivity index (χ0v) is 33.3. The number of fused-ring (bicyclic) bond motifs is 5. The lowest BCUT2D eigenvalue weighted by Crippen LogP contribution is -2.82. The second-order valence-electron chi connectivity index (χ2n) is 16.1. The molecule has 2 heterocycles. The van der Waals surface area contributed by atoms with Gasteiger partial charge in [0.15, 0.2) is 23.6 Å². The van der Waals surface area contributed by atoms with E-state index in [4.69, 9.17) is 28.1 Å². The van der Waals surface area contributed by atoms with Crippen LogP contribution in [-0.4, -0.2) is 112 Å². The summed E-state index contributed by atoms with van der Waals surface area (Å²) in [6.45, 7) is 9.78. The van der Waals surface area contributed by atoms with Crippen LogP contribution in [0.15, 0.2) is 64.3 Å². The summed E-state index contributed by atoms with van der Waals surface area (Å²) >= 11 is 0. The Morgan fingerprint density at radius 2 is 1.67 bits per heavy atom. The number of furan rings is 1. The molecule has 1 saturated heterocycles. The van der Waals surface area contributed by atoms with E-state index in [1.807, 2.05) is 0 Å². The number of amides is 2. The number of ether oxygens (including phenoxy) is 5. The van der Waals surface area contributed by atoms with Crippen LogP contribution in [0.2, 0.25) is 0 Å². The average molecular weight is 811 g/mol. The number of esters is 4. The van der Waals surface area contributed by atoms with E-state index >= 15 is 4.79 Å². The zero-order chi connectivity index (χ0) is 42.5. The van der Waals surface area contributed by atoms with Gasteiger partial charge in [0.25, 0.3) is 0 Å². The second kappa shape index (κ2) is 15.6. The summed E-state index contributed by atoms with van der Waals surface area (Å²) in [6, 6.07) is 8.54. The molecule has 3 fully saturated rings. The number of carbonyl (C=O) groups excluding carboxylic acids is 6. The van der Waals surface area contributed by atoms with Crippen LogP contribution in [0.25, 0.3) is 0 Å². The van der Waals surface area contributed by atoms with Gasteiger partial charge in [-0.15, -0.1) is 0 Å². The maximum atomic E-state index is 15.4. The first-order valence-corrected chi connectivity index (χ1v) is 19.1. The number of carbonyl (C=O) groups is 6. The molecule has 0 unspecified atom stereocenters. The predicted octanol–water partition coefficient (Wildman–Crippen LogP) is 2.22. The van der Waals surface area contributed by atoms with Crippen molar-refractivity contribution in [3.63, 3.8) is 0 Å². The van der Waals surface area contributed by atoms with Gasteiger partial charge >= 0.3 is 29.9 Å². The van der Waals surface area contributed by atoms with E-state index in [1.165, 1.54) is 44.4 Å². The van der Waals surface area contributed by atoms with Crippen LogP contribution < -0.4 is 10.6 Å². The lowest BCUT2D eigenvalue weighted by atomic mass is 9.44. The van der Waals surface area contributed by atoms with Crippen molar-refractivity contribution in [2.24, 2.45) is 16.7 Å². The third kappa shape index (κ3) is 6.86. The third-order valence-electron chi connectivity index (χ3n) is 12.5. The second-order valence-corrected chi connectivity index (χ2v) is 16.1. The van der Waals surface area contributed by atoms with Gasteiger partial charge in [-0.2, -0.15) is 0 Å². The molecule has 0 radical (unpaired) electrons. The standard InChI is InChI=1S/C41H50N2O15/c1-8-42-37(51)43-29(24-15-12-16-53-24)30(47)36(50)56-25-18-41(52)34(57-35(49)23-13-10-9-11-14-23)32-39(7,26(46)17-27-40(32,19-54-27)58-22(4)45)33(48)31(55-21(3)44)28(20(25)2)38(41,5)6/h9-16,25-27,29-32,34,46-47,52H,8,17-19H2,1-7H3,(H2,42,43,51)/t25-,26-,27+,29-,30+,31+,32-,34-,39+,40-,41+/m0/s1. The van der Waals surface area contributed by atoms with E-state index in [9.17, 15) is 39.3 Å². The number of aliphatic hydroxyl groups excluding tert-OH is 2. The highest BCUT2D eigenvalue weighted by atomic mass is 16.6. The molecule has 6 rings (SSSR count). The van der Waals surface area contributed by atoms with Gasteiger partial charge in [0.1, 0.15) is 35.7 Å². The number of benzene rings is 1. The molecule has 58 heavy (non-hydrogen) atoms. The van der Waals surface area contributed by atoms with Crippen LogP contribution in [0.1, 0.15) is 83.5 Å². The van der Waals surface area contributed by atoms with Gasteiger partial charge in [-0.05, 0) is 56.2 Å². The van der Waals surface area contributed by atoms with Crippen molar-refractivity contribution in [3.05, 3.63) is 71.2 Å². The van der Waals surface area contributed by atoms with Crippen molar-refractivity contribution in [2.45, 2.75) is 115 Å². The minimum atomic E-state index is -2.39. The van der Waals surface area contributed by atoms with E-state index in [0.717, 1.165) is 13.8 Å². The van der Waals surface area contributed by atoms with Gasteiger partial charge < -0.3 is 54.1 Å². The molecule has 11 atom stereocenters. The summed E-state index contributed by atoms with van der Waals surface area (Å²) in [4.78, 5) is 81.9.